The fourth-order valence-electron chi connectivity index (χ4n) is 1.47. The lowest BCUT2D eigenvalue weighted by Crippen LogP contribution is -2.15. The maximum atomic E-state index is 3.50. The van der Waals surface area contributed by atoms with Crippen LogP contribution in [-0.4, -0.2) is 6.04 Å². The fourth-order valence-corrected chi connectivity index (χ4v) is 1.47. The summed E-state index contributed by atoms with van der Waals surface area (Å²) >= 11 is 0. The molecule has 0 unspecified atom stereocenters. The summed E-state index contributed by atoms with van der Waals surface area (Å²) in [6, 6.07) is 11.0. The second-order valence-electron chi connectivity index (χ2n) is 4.38. The number of hydrogen-bond donors (Lipinski definition) is 1. The van der Waals surface area contributed by atoms with E-state index in [1.165, 1.54) is 18.5 Å². The molecule has 1 nitrogen and oxygen atoms in total. The molecule has 0 fully saturated rings. The highest BCUT2D eigenvalue weighted by Crippen LogP contribution is 2.12. The molecule has 1 aromatic carbocycles. The van der Waals surface area contributed by atoms with Crippen LogP contribution in [0.1, 0.15) is 33.6 Å². The van der Waals surface area contributed by atoms with Crippen LogP contribution in [0, 0.1) is 5.92 Å². The van der Waals surface area contributed by atoms with Crippen molar-refractivity contribution in [3.63, 3.8) is 0 Å². The van der Waals surface area contributed by atoms with Gasteiger partial charge in [-0.05, 0) is 37.8 Å². The summed E-state index contributed by atoms with van der Waals surface area (Å²) < 4.78 is 0. The van der Waals surface area contributed by atoms with Crippen molar-refractivity contribution in [1.29, 1.82) is 0 Å². The molecule has 1 heteroatoms. The number of hydrogen-bond acceptors (Lipinski definition) is 1. The average molecular weight is 191 g/mol. The standard InChI is InChI=1S/C13H21N/c1-11(2)9-10-12(3)14-13-7-5-4-6-8-13/h4-8,11-12,14H,9-10H2,1-3H3/t12-/m0/s1. The number of para-hydroxylation sites is 1. The van der Waals surface area contributed by atoms with Crippen LogP contribution in [0.25, 0.3) is 0 Å². The molecule has 14 heavy (non-hydrogen) atoms. The quantitative estimate of drug-likeness (QED) is 0.743. The van der Waals surface area contributed by atoms with Gasteiger partial charge in [-0.2, -0.15) is 0 Å². The molecule has 0 aliphatic carbocycles. The average Bonchev–Trinajstić information content (AvgIpc) is 2.16. The van der Waals surface area contributed by atoms with E-state index < -0.39 is 0 Å². The second kappa shape index (κ2) is 5.69. The molecular formula is C13H21N. The predicted molar refractivity (Wildman–Crippen MR) is 63.6 cm³/mol. The van der Waals surface area contributed by atoms with Crippen molar-refractivity contribution in [3.8, 4) is 0 Å². The maximum Gasteiger partial charge on any atom is 0.0342 e. The first-order chi connectivity index (χ1) is 6.68. The Morgan fingerprint density at radius 2 is 1.64 bits per heavy atom. The summed E-state index contributed by atoms with van der Waals surface area (Å²) in [6.07, 6.45) is 2.54. The Labute approximate surface area is 87.5 Å². The molecular weight excluding hydrogens is 170 g/mol. The normalized spacial score (nSPS) is 12.9. The summed E-state index contributed by atoms with van der Waals surface area (Å²) in [5.41, 5.74) is 1.23. The minimum Gasteiger partial charge on any atom is -0.383 e. The Hall–Kier alpha value is -0.980. The molecule has 1 N–H and O–H groups in total. The summed E-state index contributed by atoms with van der Waals surface area (Å²) in [4.78, 5) is 0. The van der Waals surface area contributed by atoms with Gasteiger partial charge in [0.1, 0.15) is 0 Å². The van der Waals surface area contributed by atoms with Gasteiger partial charge in [-0.25, -0.2) is 0 Å². The van der Waals surface area contributed by atoms with Gasteiger partial charge in [0, 0.05) is 11.7 Å². The van der Waals surface area contributed by atoms with Crippen LogP contribution in [0.15, 0.2) is 30.3 Å². The van der Waals surface area contributed by atoms with E-state index in [9.17, 15) is 0 Å². The van der Waals surface area contributed by atoms with E-state index >= 15 is 0 Å². The summed E-state index contributed by atoms with van der Waals surface area (Å²) in [5.74, 6) is 0.801. The van der Waals surface area contributed by atoms with E-state index in [0.29, 0.717) is 6.04 Å². The van der Waals surface area contributed by atoms with Gasteiger partial charge in [0.2, 0.25) is 0 Å². The number of benzene rings is 1. The molecule has 1 atom stereocenters. The van der Waals surface area contributed by atoms with Crippen LogP contribution < -0.4 is 5.32 Å². The summed E-state index contributed by atoms with van der Waals surface area (Å²) in [5, 5.41) is 3.50. The van der Waals surface area contributed by atoms with Crippen molar-refractivity contribution >= 4 is 5.69 Å². The van der Waals surface area contributed by atoms with Crippen molar-refractivity contribution in [2.45, 2.75) is 39.7 Å². The molecule has 0 saturated heterocycles. The van der Waals surface area contributed by atoms with Crippen molar-refractivity contribution in [2.24, 2.45) is 5.92 Å². The van der Waals surface area contributed by atoms with Gasteiger partial charge in [0.05, 0.1) is 0 Å². The predicted octanol–water partition coefficient (Wildman–Crippen LogP) is 3.92. The molecule has 0 aliphatic rings. The lowest BCUT2D eigenvalue weighted by molar-refractivity contribution is 0.528. The third-order valence-corrected chi connectivity index (χ3v) is 2.36. The number of rotatable bonds is 5. The number of anilines is 1. The van der Waals surface area contributed by atoms with Gasteiger partial charge >= 0.3 is 0 Å². The molecule has 0 bridgehead atoms. The van der Waals surface area contributed by atoms with Crippen LogP contribution >= 0.6 is 0 Å². The van der Waals surface area contributed by atoms with E-state index in [-0.39, 0.29) is 0 Å². The molecule has 1 aromatic rings. The van der Waals surface area contributed by atoms with Crippen LogP contribution in [0.3, 0.4) is 0 Å². The maximum absolute atomic E-state index is 3.50. The third kappa shape index (κ3) is 4.31. The molecule has 0 saturated carbocycles. The number of nitrogens with one attached hydrogen (secondary N) is 1. The van der Waals surface area contributed by atoms with Gasteiger partial charge in [-0.15, -0.1) is 0 Å². The molecule has 0 aromatic heterocycles. The monoisotopic (exact) mass is 191 g/mol. The molecule has 0 heterocycles. The van der Waals surface area contributed by atoms with Gasteiger partial charge in [-0.3, -0.25) is 0 Å². The van der Waals surface area contributed by atoms with Crippen molar-refractivity contribution < 1.29 is 0 Å². The first-order valence-electron chi connectivity index (χ1n) is 5.50. The highest BCUT2D eigenvalue weighted by Gasteiger charge is 2.02. The minimum atomic E-state index is 0.569. The first kappa shape index (κ1) is 11.1. The Morgan fingerprint density at radius 1 is 1.00 bits per heavy atom. The Balaban J connectivity index is 2.30. The molecule has 0 aliphatic heterocycles. The van der Waals surface area contributed by atoms with Gasteiger partial charge in [0.15, 0.2) is 0 Å². The SMILES string of the molecule is CC(C)CC[C@H](C)Nc1ccccc1. The molecule has 0 spiro atoms. The Bertz CT molecular complexity index is 241. The van der Waals surface area contributed by atoms with Crippen LogP contribution in [0.2, 0.25) is 0 Å². The van der Waals surface area contributed by atoms with E-state index in [1.807, 2.05) is 6.07 Å². The van der Waals surface area contributed by atoms with Crippen molar-refractivity contribution in [2.75, 3.05) is 5.32 Å². The van der Waals surface area contributed by atoms with Gasteiger partial charge in [0.25, 0.3) is 0 Å². The zero-order valence-corrected chi connectivity index (χ0v) is 9.46. The van der Waals surface area contributed by atoms with E-state index in [0.717, 1.165) is 5.92 Å². The van der Waals surface area contributed by atoms with E-state index in [4.69, 9.17) is 0 Å². The lowest BCUT2D eigenvalue weighted by atomic mass is 10.0. The van der Waals surface area contributed by atoms with E-state index in [1.54, 1.807) is 0 Å². The van der Waals surface area contributed by atoms with Crippen LogP contribution in [0.4, 0.5) is 5.69 Å². The molecule has 78 valence electrons. The van der Waals surface area contributed by atoms with Crippen molar-refractivity contribution in [3.05, 3.63) is 30.3 Å². The fraction of sp³-hybridized carbons (Fsp3) is 0.538. The van der Waals surface area contributed by atoms with Crippen LogP contribution in [0.5, 0.6) is 0 Å². The highest BCUT2D eigenvalue weighted by atomic mass is 14.9. The smallest absolute Gasteiger partial charge is 0.0342 e. The molecule has 0 amide bonds. The Morgan fingerprint density at radius 3 is 2.21 bits per heavy atom. The highest BCUT2D eigenvalue weighted by molar-refractivity contribution is 5.43. The largest absolute Gasteiger partial charge is 0.383 e. The minimum absolute atomic E-state index is 0.569. The second-order valence-corrected chi connectivity index (χ2v) is 4.38. The topological polar surface area (TPSA) is 12.0 Å². The lowest BCUT2D eigenvalue weighted by Gasteiger charge is -2.16. The first-order valence-corrected chi connectivity index (χ1v) is 5.50. The van der Waals surface area contributed by atoms with E-state index in [2.05, 4.69) is 50.4 Å². The zero-order chi connectivity index (χ0) is 10.4. The molecule has 1 rings (SSSR count). The van der Waals surface area contributed by atoms with Crippen LogP contribution in [-0.2, 0) is 0 Å². The summed E-state index contributed by atoms with van der Waals surface area (Å²) in [6.45, 7) is 6.79. The van der Waals surface area contributed by atoms with Crippen molar-refractivity contribution in [1.82, 2.24) is 0 Å². The molecule has 0 radical (unpaired) electrons. The Kier molecular flexibility index (Phi) is 4.51. The van der Waals surface area contributed by atoms with Gasteiger partial charge in [-0.1, -0.05) is 32.0 Å². The zero-order valence-electron chi connectivity index (χ0n) is 9.46. The third-order valence-electron chi connectivity index (χ3n) is 2.36. The summed E-state index contributed by atoms with van der Waals surface area (Å²) in [7, 11) is 0. The van der Waals surface area contributed by atoms with Gasteiger partial charge < -0.3 is 5.32 Å².